The highest BCUT2D eigenvalue weighted by Crippen LogP contribution is 2.25. The van der Waals surface area contributed by atoms with Gasteiger partial charge in [-0.2, -0.15) is 0 Å². The topological polar surface area (TPSA) is 91.0 Å². The van der Waals surface area contributed by atoms with Crippen LogP contribution in [0.3, 0.4) is 0 Å². The molecule has 1 unspecified atom stereocenters. The number of carbonyl (C=O) groups is 1. The van der Waals surface area contributed by atoms with Crippen LogP contribution in [0.1, 0.15) is 0 Å². The quantitative estimate of drug-likeness (QED) is 0.710. The Morgan fingerprint density at radius 3 is 2.75 bits per heavy atom. The number of cyclic esters (lactones) is 1. The van der Waals surface area contributed by atoms with E-state index < -0.39 is 11.9 Å². The molecule has 1 atom stereocenters. The van der Waals surface area contributed by atoms with Gasteiger partial charge in [0.1, 0.15) is 11.8 Å². The third kappa shape index (κ3) is 2.57. The van der Waals surface area contributed by atoms with Gasteiger partial charge in [0.05, 0.1) is 37.4 Å². The fourth-order valence-corrected chi connectivity index (χ4v) is 2.55. The molecule has 0 saturated carbocycles. The lowest BCUT2D eigenvalue weighted by atomic mass is 10.2. The Kier molecular flexibility index (Phi) is 3.41. The summed E-state index contributed by atoms with van der Waals surface area (Å²) in [5.41, 5.74) is 0.672. The molecule has 0 spiro atoms. The van der Waals surface area contributed by atoms with E-state index in [2.05, 4.69) is 20.6 Å². The smallest absolute Gasteiger partial charge is 0.414 e. The molecule has 9 nitrogen and oxygen atoms in total. The lowest BCUT2D eigenvalue weighted by molar-refractivity contribution is 0.129. The summed E-state index contributed by atoms with van der Waals surface area (Å²) in [6.45, 7) is 0.697. The largest absolute Gasteiger partial charge is 0.442 e. The molecule has 24 heavy (non-hydrogen) atoms. The summed E-state index contributed by atoms with van der Waals surface area (Å²) in [6, 6.07) is 4.45. The summed E-state index contributed by atoms with van der Waals surface area (Å²) in [4.78, 5) is 13.4. The van der Waals surface area contributed by atoms with Gasteiger partial charge in [-0.05, 0) is 18.2 Å². The van der Waals surface area contributed by atoms with Crippen LogP contribution < -0.4 is 4.90 Å². The Bertz CT molecular complexity index is 850. The van der Waals surface area contributed by atoms with Crippen LogP contribution in [0, 0.1) is 5.82 Å². The number of rotatable bonds is 4. The van der Waals surface area contributed by atoms with Crippen LogP contribution in [0.4, 0.5) is 14.9 Å². The summed E-state index contributed by atoms with van der Waals surface area (Å²) in [5.74, 6) is -0.509. The molecule has 0 radical (unpaired) electrons. The number of halogens is 1. The highest BCUT2D eigenvalue weighted by atomic mass is 19.1. The van der Waals surface area contributed by atoms with Crippen LogP contribution in [-0.4, -0.2) is 48.7 Å². The molecule has 0 aliphatic carbocycles. The molecule has 0 bridgehead atoms. The van der Waals surface area contributed by atoms with E-state index in [1.54, 1.807) is 23.1 Å². The molecule has 3 heterocycles. The first-order valence-corrected chi connectivity index (χ1v) is 7.19. The van der Waals surface area contributed by atoms with Crippen LogP contribution in [0.5, 0.6) is 0 Å². The van der Waals surface area contributed by atoms with Gasteiger partial charge in [-0.25, -0.2) is 18.5 Å². The van der Waals surface area contributed by atoms with E-state index in [1.807, 2.05) is 0 Å². The van der Waals surface area contributed by atoms with Crippen LogP contribution >= 0.6 is 0 Å². The number of carbonyl (C=O) groups excluding carboxylic acids is 1. The van der Waals surface area contributed by atoms with Gasteiger partial charge in [0, 0.05) is 6.20 Å². The molecule has 1 saturated heterocycles. The van der Waals surface area contributed by atoms with Gasteiger partial charge in [0.2, 0.25) is 0 Å². The zero-order chi connectivity index (χ0) is 16.5. The first-order valence-electron chi connectivity index (χ1n) is 7.19. The Hall–Kier alpha value is -3.30. The minimum absolute atomic E-state index is 0.253. The maximum atomic E-state index is 14.3. The van der Waals surface area contributed by atoms with Gasteiger partial charge >= 0.3 is 6.09 Å². The van der Waals surface area contributed by atoms with E-state index in [0.717, 1.165) is 0 Å². The van der Waals surface area contributed by atoms with Crippen molar-refractivity contribution in [2.45, 2.75) is 12.6 Å². The number of ether oxygens (including phenoxy) is 1. The van der Waals surface area contributed by atoms with Crippen molar-refractivity contribution in [1.29, 1.82) is 0 Å². The van der Waals surface area contributed by atoms with Crippen molar-refractivity contribution in [3.8, 4) is 5.69 Å². The summed E-state index contributed by atoms with van der Waals surface area (Å²) in [5, 5.41) is 14.9. The minimum atomic E-state index is -0.520. The van der Waals surface area contributed by atoms with Crippen molar-refractivity contribution >= 4 is 11.8 Å². The molecule has 1 amide bonds. The lowest BCUT2D eigenvalue weighted by Crippen LogP contribution is -2.26. The van der Waals surface area contributed by atoms with Gasteiger partial charge in [-0.1, -0.05) is 10.4 Å². The van der Waals surface area contributed by atoms with E-state index in [-0.39, 0.29) is 11.8 Å². The fourth-order valence-electron chi connectivity index (χ4n) is 2.55. The Morgan fingerprint density at radius 1 is 1.21 bits per heavy atom. The van der Waals surface area contributed by atoms with Gasteiger partial charge in [0.15, 0.2) is 5.82 Å². The number of amides is 1. The number of anilines is 1. The van der Waals surface area contributed by atoms with E-state index in [0.29, 0.717) is 18.8 Å². The van der Waals surface area contributed by atoms with Crippen LogP contribution in [-0.2, 0) is 11.3 Å². The average Bonchev–Trinajstić information content (AvgIpc) is 3.30. The zero-order valence-electron chi connectivity index (χ0n) is 12.4. The average molecular weight is 329 g/mol. The van der Waals surface area contributed by atoms with Gasteiger partial charge in [-0.15, -0.1) is 10.2 Å². The normalized spacial score (nSPS) is 17.3. The second-order valence-electron chi connectivity index (χ2n) is 5.22. The number of aromatic nitrogens is 6. The predicted octanol–water partition coefficient (Wildman–Crippen LogP) is 1.02. The van der Waals surface area contributed by atoms with Crippen LogP contribution in [0.15, 0.2) is 43.0 Å². The second kappa shape index (κ2) is 5.72. The number of hydrogen-bond acceptors (Lipinski definition) is 6. The summed E-state index contributed by atoms with van der Waals surface area (Å²) >= 11 is 0. The van der Waals surface area contributed by atoms with Crippen molar-refractivity contribution in [2.75, 3.05) is 11.4 Å². The molecule has 1 aromatic carbocycles. The highest BCUT2D eigenvalue weighted by Gasteiger charge is 2.33. The standard InChI is InChI=1S/C14H12FN7O2/c15-12-7-10(1-2-13(12)22-6-4-17-19-22)21-9-11(24-14(21)23)8-20-5-3-16-18-20/h1-7,11H,8-9H2. The molecule has 4 rings (SSSR count). The van der Waals surface area contributed by atoms with Crippen LogP contribution in [0.25, 0.3) is 5.69 Å². The second-order valence-corrected chi connectivity index (χ2v) is 5.22. The summed E-state index contributed by atoms with van der Waals surface area (Å²) < 4.78 is 22.5. The molecule has 0 N–H and O–H groups in total. The zero-order valence-corrected chi connectivity index (χ0v) is 12.4. The molecule has 1 aliphatic heterocycles. The van der Waals surface area contributed by atoms with Crippen molar-refractivity contribution in [1.82, 2.24) is 30.0 Å². The van der Waals surface area contributed by atoms with Crippen molar-refractivity contribution in [2.24, 2.45) is 0 Å². The maximum Gasteiger partial charge on any atom is 0.414 e. The molecule has 2 aromatic heterocycles. The van der Waals surface area contributed by atoms with Crippen molar-refractivity contribution in [3.63, 3.8) is 0 Å². The van der Waals surface area contributed by atoms with Gasteiger partial charge in [-0.3, -0.25) is 4.90 Å². The van der Waals surface area contributed by atoms with Gasteiger partial charge < -0.3 is 4.74 Å². The number of hydrogen-bond donors (Lipinski definition) is 0. The van der Waals surface area contributed by atoms with Crippen molar-refractivity contribution in [3.05, 3.63) is 48.8 Å². The first-order chi connectivity index (χ1) is 11.7. The Labute approximate surface area is 135 Å². The monoisotopic (exact) mass is 329 g/mol. The molecule has 3 aromatic rings. The number of nitrogens with zero attached hydrogens (tertiary/aromatic N) is 7. The summed E-state index contributed by atoms with van der Waals surface area (Å²) in [6.07, 6.45) is 5.33. The van der Waals surface area contributed by atoms with Crippen molar-refractivity contribution < 1.29 is 13.9 Å². The van der Waals surface area contributed by atoms with Gasteiger partial charge in [0.25, 0.3) is 0 Å². The van der Waals surface area contributed by atoms with E-state index in [4.69, 9.17) is 4.74 Å². The molecular formula is C14H12FN7O2. The lowest BCUT2D eigenvalue weighted by Gasteiger charge is -2.14. The SMILES string of the molecule is O=C1OC(Cn2ccnn2)CN1c1ccc(-n2ccnn2)c(F)c1. The highest BCUT2D eigenvalue weighted by molar-refractivity contribution is 5.89. The molecule has 1 aliphatic rings. The van der Waals surface area contributed by atoms with E-state index in [1.165, 1.54) is 34.1 Å². The molecule has 122 valence electrons. The van der Waals surface area contributed by atoms with Crippen LogP contribution in [0.2, 0.25) is 0 Å². The third-order valence-electron chi connectivity index (χ3n) is 3.65. The molecule has 10 heteroatoms. The van der Waals surface area contributed by atoms with E-state index in [9.17, 15) is 9.18 Å². The fraction of sp³-hybridized carbons (Fsp3) is 0.214. The Morgan fingerprint density at radius 2 is 2.04 bits per heavy atom. The predicted molar refractivity (Wildman–Crippen MR) is 79.0 cm³/mol. The molecular weight excluding hydrogens is 317 g/mol. The minimum Gasteiger partial charge on any atom is -0.442 e. The Balaban J connectivity index is 1.53. The van der Waals surface area contributed by atoms with E-state index >= 15 is 0 Å². The summed E-state index contributed by atoms with van der Waals surface area (Å²) in [7, 11) is 0. The first kappa shape index (κ1) is 14.3. The number of benzene rings is 1. The molecule has 1 fully saturated rings. The third-order valence-corrected chi connectivity index (χ3v) is 3.65. The maximum absolute atomic E-state index is 14.3.